The van der Waals surface area contributed by atoms with Crippen LogP contribution in [-0.4, -0.2) is 12.3 Å². The minimum absolute atomic E-state index is 0.208. The molecule has 0 aromatic carbocycles. The van der Waals surface area contributed by atoms with E-state index in [1.165, 1.54) is 0 Å². The fourth-order valence-corrected chi connectivity index (χ4v) is 0.911. The van der Waals surface area contributed by atoms with E-state index in [1.807, 2.05) is 0 Å². The van der Waals surface area contributed by atoms with Crippen molar-refractivity contribution in [1.82, 2.24) is 0 Å². The lowest BCUT2D eigenvalue weighted by atomic mass is 10.4. The number of alkyl halides is 3. The van der Waals surface area contributed by atoms with Crippen molar-refractivity contribution in [2.75, 3.05) is 0 Å². The average molecular weight is 223 g/mol. The lowest BCUT2D eigenvalue weighted by Gasteiger charge is -2.15. The van der Waals surface area contributed by atoms with Crippen LogP contribution in [0.25, 0.3) is 0 Å². The highest BCUT2D eigenvalue weighted by molar-refractivity contribution is 5.05. The van der Waals surface area contributed by atoms with E-state index in [0.29, 0.717) is 11.5 Å². The molecule has 0 aliphatic rings. The molecular weight excluding hydrogens is 211 g/mol. The molecular formula is C9H12F3NO2. The standard InChI is InChI=1S/C9H12F3NO2/c1-6(9(10,11)12)14-5-8-3-2-7(4-13)15-8/h2-3,6H,4-5,13H2,1H3. The summed E-state index contributed by atoms with van der Waals surface area (Å²) in [5.74, 6) is 0.861. The maximum absolute atomic E-state index is 12.0. The van der Waals surface area contributed by atoms with Crippen molar-refractivity contribution in [1.29, 1.82) is 0 Å². The molecule has 0 fully saturated rings. The number of nitrogens with two attached hydrogens (primary N) is 1. The smallest absolute Gasteiger partial charge is 0.414 e. The summed E-state index contributed by atoms with van der Waals surface area (Å²) in [6.45, 7) is 0.961. The summed E-state index contributed by atoms with van der Waals surface area (Å²) in [6, 6.07) is 3.15. The van der Waals surface area contributed by atoms with Crippen molar-refractivity contribution < 1.29 is 22.3 Å². The SMILES string of the molecule is CC(OCc1ccc(CN)o1)C(F)(F)F. The van der Waals surface area contributed by atoms with E-state index in [-0.39, 0.29) is 13.2 Å². The molecule has 1 rings (SSSR count). The van der Waals surface area contributed by atoms with Gasteiger partial charge in [0.1, 0.15) is 18.1 Å². The minimum atomic E-state index is -4.34. The zero-order valence-electron chi connectivity index (χ0n) is 8.17. The molecule has 0 saturated heterocycles. The Bertz CT molecular complexity index is 309. The van der Waals surface area contributed by atoms with E-state index in [0.717, 1.165) is 6.92 Å². The summed E-state index contributed by atoms with van der Waals surface area (Å²) in [5, 5.41) is 0. The number of hydrogen-bond acceptors (Lipinski definition) is 3. The molecule has 2 N–H and O–H groups in total. The van der Waals surface area contributed by atoms with Crippen LogP contribution in [-0.2, 0) is 17.9 Å². The van der Waals surface area contributed by atoms with Gasteiger partial charge in [-0.15, -0.1) is 0 Å². The van der Waals surface area contributed by atoms with Gasteiger partial charge >= 0.3 is 6.18 Å². The van der Waals surface area contributed by atoms with E-state index < -0.39 is 12.3 Å². The monoisotopic (exact) mass is 223 g/mol. The molecule has 0 aliphatic heterocycles. The molecule has 1 aromatic rings. The van der Waals surface area contributed by atoms with Crippen LogP contribution in [0.15, 0.2) is 16.5 Å². The predicted octanol–water partition coefficient (Wildman–Crippen LogP) is 2.21. The third-order valence-electron chi connectivity index (χ3n) is 1.86. The molecule has 0 saturated carbocycles. The van der Waals surface area contributed by atoms with Crippen molar-refractivity contribution >= 4 is 0 Å². The summed E-state index contributed by atoms with van der Waals surface area (Å²) in [5.41, 5.74) is 5.27. The second kappa shape index (κ2) is 4.67. The van der Waals surface area contributed by atoms with Gasteiger partial charge in [0.2, 0.25) is 0 Å². The van der Waals surface area contributed by atoms with Crippen LogP contribution in [0.5, 0.6) is 0 Å². The Labute approximate surface area is 85.0 Å². The molecule has 0 amide bonds. The lowest BCUT2D eigenvalue weighted by molar-refractivity contribution is -0.218. The van der Waals surface area contributed by atoms with Crippen molar-refractivity contribution in [3.63, 3.8) is 0 Å². The molecule has 0 bridgehead atoms. The first-order valence-electron chi connectivity index (χ1n) is 4.39. The molecule has 0 spiro atoms. The van der Waals surface area contributed by atoms with Crippen LogP contribution >= 0.6 is 0 Å². The summed E-state index contributed by atoms with van der Waals surface area (Å²) < 4.78 is 45.8. The summed E-state index contributed by atoms with van der Waals surface area (Å²) >= 11 is 0. The second-order valence-corrected chi connectivity index (χ2v) is 3.07. The van der Waals surface area contributed by atoms with E-state index in [2.05, 4.69) is 4.74 Å². The highest BCUT2D eigenvalue weighted by atomic mass is 19.4. The Morgan fingerprint density at radius 1 is 1.40 bits per heavy atom. The van der Waals surface area contributed by atoms with E-state index >= 15 is 0 Å². The first kappa shape index (κ1) is 12.1. The van der Waals surface area contributed by atoms with Crippen LogP contribution in [0, 0.1) is 0 Å². The van der Waals surface area contributed by atoms with Crippen LogP contribution in [0.3, 0.4) is 0 Å². The van der Waals surface area contributed by atoms with Gasteiger partial charge in [0, 0.05) is 0 Å². The third-order valence-corrected chi connectivity index (χ3v) is 1.86. The number of hydrogen-bond donors (Lipinski definition) is 1. The third kappa shape index (κ3) is 3.56. The Balaban J connectivity index is 2.43. The fourth-order valence-electron chi connectivity index (χ4n) is 0.911. The fraction of sp³-hybridized carbons (Fsp3) is 0.556. The Kier molecular flexibility index (Phi) is 3.76. The van der Waals surface area contributed by atoms with Crippen LogP contribution in [0.4, 0.5) is 13.2 Å². The molecule has 1 aromatic heterocycles. The molecule has 0 aliphatic carbocycles. The van der Waals surface area contributed by atoms with Gasteiger partial charge in [-0.2, -0.15) is 13.2 Å². The highest BCUT2D eigenvalue weighted by Crippen LogP contribution is 2.23. The molecule has 3 nitrogen and oxygen atoms in total. The summed E-state index contributed by atoms with van der Waals surface area (Å²) in [4.78, 5) is 0. The number of ether oxygens (including phenoxy) is 1. The van der Waals surface area contributed by atoms with E-state index in [4.69, 9.17) is 10.2 Å². The van der Waals surface area contributed by atoms with Crippen LogP contribution in [0.2, 0.25) is 0 Å². The number of halogens is 3. The molecule has 86 valence electrons. The highest BCUT2D eigenvalue weighted by Gasteiger charge is 2.36. The zero-order chi connectivity index (χ0) is 11.5. The van der Waals surface area contributed by atoms with E-state index in [9.17, 15) is 13.2 Å². The van der Waals surface area contributed by atoms with Crippen LogP contribution < -0.4 is 5.73 Å². The van der Waals surface area contributed by atoms with Gasteiger partial charge in [-0.25, -0.2) is 0 Å². The first-order valence-corrected chi connectivity index (χ1v) is 4.39. The summed E-state index contributed by atoms with van der Waals surface area (Å²) in [6.07, 6.45) is -6.15. The molecule has 15 heavy (non-hydrogen) atoms. The van der Waals surface area contributed by atoms with Crippen molar-refractivity contribution in [3.8, 4) is 0 Å². The average Bonchev–Trinajstić information content (AvgIpc) is 2.60. The van der Waals surface area contributed by atoms with Gasteiger partial charge < -0.3 is 14.9 Å². The van der Waals surface area contributed by atoms with Gasteiger partial charge in [-0.05, 0) is 19.1 Å². The Hall–Kier alpha value is -1.01. The summed E-state index contributed by atoms with van der Waals surface area (Å²) in [7, 11) is 0. The molecule has 6 heteroatoms. The maximum atomic E-state index is 12.0. The van der Waals surface area contributed by atoms with Crippen molar-refractivity contribution in [2.45, 2.75) is 32.4 Å². The first-order chi connectivity index (χ1) is 6.93. The maximum Gasteiger partial charge on any atom is 0.414 e. The van der Waals surface area contributed by atoms with Crippen LogP contribution in [0.1, 0.15) is 18.4 Å². The Morgan fingerprint density at radius 2 is 2.00 bits per heavy atom. The normalized spacial score (nSPS) is 14.2. The van der Waals surface area contributed by atoms with Crippen molar-refractivity contribution in [2.24, 2.45) is 5.73 Å². The minimum Gasteiger partial charge on any atom is -0.462 e. The predicted molar refractivity (Wildman–Crippen MR) is 46.9 cm³/mol. The molecule has 1 atom stereocenters. The Morgan fingerprint density at radius 3 is 2.47 bits per heavy atom. The van der Waals surface area contributed by atoms with Gasteiger partial charge in [-0.3, -0.25) is 0 Å². The molecule has 0 radical (unpaired) electrons. The van der Waals surface area contributed by atoms with Gasteiger partial charge in [0.25, 0.3) is 0 Å². The molecule has 1 heterocycles. The molecule has 1 unspecified atom stereocenters. The van der Waals surface area contributed by atoms with Gasteiger partial charge in [-0.1, -0.05) is 0 Å². The van der Waals surface area contributed by atoms with Gasteiger partial charge in [0.15, 0.2) is 6.10 Å². The number of rotatable bonds is 4. The second-order valence-electron chi connectivity index (χ2n) is 3.07. The van der Waals surface area contributed by atoms with Gasteiger partial charge in [0.05, 0.1) is 6.54 Å². The largest absolute Gasteiger partial charge is 0.462 e. The lowest BCUT2D eigenvalue weighted by Crippen LogP contribution is -2.28. The zero-order valence-corrected chi connectivity index (χ0v) is 8.17. The topological polar surface area (TPSA) is 48.4 Å². The van der Waals surface area contributed by atoms with Crippen molar-refractivity contribution in [3.05, 3.63) is 23.7 Å². The van der Waals surface area contributed by atoms with E-state index in [1.54, 1.807) is 12.1 Å². The number of furan rings is 1. The quantitative estimate of drug-likeness (QED) is 0.851.